The van der Waals surface area contributed by atoms with E-state index in [4.69, 9.17) is 23.2 Å². The normalized spacial score (nSPS) is 10.8. The Balaban J connectivity index is 1.99. The Hall–Kier alpha value is -1.78. The van der Waals surface area contributed by atoms with Crippen molar-refractivity contribution in [3.05, 3.63) is 53.2 Å². The summed E-state index contributed by atoms with van der Waals surface area (Å²) in [5, 5.41) is 7.54. The summed E-state index contributed by atoms with van der Waals surface area (Å²) in [7, 11) is 0. The Morgan fingerprint density at radius 2 is 1.83 bits per heavy atom. The number of hydrogen-bond donors (Lipinski definition) is 1. The predicted molar refractivity (Wildman–Crippen MR) is 71.2 cm³/mol. The lowest BCUT2D eigenvalue weighted by Crippen LogP contribution is -1.91. The second-order valence-corrected chi connectivity index (χ2v) is 4.43. The van der Waals surface area contributed by atoms with E-state index >= 15 is 0 Å². The number of nitrogens with one attached hydrogen (secondary N) is 1. The van der Waals surface area contributed by atoms with Crippen LogP contribution >= 0.6 is 23.2 Å². The molecule has 0 fully saturated rings. The zero-order valence-corrected chi connectivity index (χ0v) is 10.7. The van der Waals surface area contributed by atoms with E-state index in [0.29, 0.717) is 10.3 Å². The zero-order valence-electron chi connectivity index (χ0n) is 9.14. The van der Waals surface area contributed by atoms with E-state index in [1.54, 1.807) is 17.1 Å². The van der Waals surface area contributed by atoms with Crippen LogP contribution in [0.5, 0.6) is 0 Å². The quantitative estimate of drug-likeness (QED) is 0.779. The molecule has 0 bridgehead atoms. The van der Waals surface area contributed by atoms with Gasteiger partial charge in [-0.15, -0.1) is 0 Å². The number of halogens is 2. The third-order valence-electron chi connectivity index (χ3n) is 2.63. The molecule has 6 heteroatoms. The molecule has 0 aliphatic carbocycles. The lowest BCUT2D eigenvalue weighted by molar-refractivity contribution is 1.06. The highest BCUT2D eigenvalue weighted by atomic mass is 35.5. The number of benzene rings is 1. The van der Waals surface area contributed by atoms with E-state index in [9.17, 15) is 0 Å². The number of nitrogens with zero attached hydrogens (tertiary/aromatic N) is 3. The van der Waals surface area contributed by atoms with Crippen molar-refractivity contribution in [2.24, 2.45) is 0 Å². The minimum atomic E-state index is 0.300. The van der Waals surface area contributed by atoms with Gasteiger partial charge in [0.2, 0.25) is 0 Å². The molecule has 0 spiro atoms. The Labute approximate surface area is 113 Å². The summed E-state index contributed by atoms with van der Waals surface area (Å²) in [4.78, 5) is 3.95. The molecule has 0 saturated heterocycles. The van der Waals surface area contributed by atoms with Crippen molar-refractivity contribution in [3.63, 3.8) is 0 Å². The van der Waals surface area contributed by atoms with Gasteiger partial charge < -0.3 is 0 Å². The third-order valence-corrected chi connectivity index (χ3v) is 3.36. The van der Waals surface area contributed by atoms with Crippen molar-refractivity contribution in [2.75, 3.05) is 0 Å². The lowest BCUT2D eigenvalue weighted by atomic mass is 10.1. The van der Waals surface area contributed by atoms with Crippen LogP contribution in [-0.2, 0) is 0 Å². The van der Waals surface area contributed by atoms with Crippen LogP contribution in [-0.4, -0.2) is 19.7 Å². The Morgan fingerprint density at radius 3 is 2.39 bits per heavy atom. The molecule has 90 valence electrons. The van der Waals surface area contributed by atoms with Crippen LogP contribution in [0.4, 0.5) is 0 Å². The van der Waals surface area contributed by atoms with Crippen LogP contribution in [0.2, 0.25) is 10.3 Å². The van der Waals surface area contributed by atoms with Gasteiger partial charge in [0.1, 0.15) is 6.33 Å². The second-order valence-electron chi connectivity index (χ2n) is 3.71. The monoisotopic (exact) mass is 278 g/mol. The number of hydrogen-bond acceptors (Lipinski definition) is 2. The number of aromatic amines is 1. The molecule has 18 heavy (non-hydrogen) atoms. The first-order chi connectivity index (χ1) is 8.75. The molecule has 0 amide bonds. The summed E-state index contributed by atoms with van der Waals surface area (Å²) in [6.07, 6.45) is 3.31. The summed E-state index contributed by atoms with van der Waals surface area (Å²) in [5.74, 6) is 0. The molecular formula is C12H8Cl2N4. The fraction of sp³-hybridized carbons (Fsp3) is 0. The van der Waals surface area contributed by atoms with Crippen LogP contribution < -0.4 is 0 Å². The molecule has 0 saturated carbocycles. The Morgan fingerprint density at radius 1 is 1.06 bits per heavy atom. The van der Waals surface area contributed by atoms with Crippen molar-refractivity contribution in [1.82, 2.24) is 19.7 Å². The number of imidazole rings is 1. The average Bonchev–Trinajstić information content (AvgIpc) is 3.02. The maximum Gasteiger partial charge on any atom is 0.166 e. The average molecular weight is 279 g/mol. The van der Waals surface area contributed by atoms with E-state index in [0.717, 1.165) is 16.9 Å². The van der Waals surface area contributed by atoms with Gasteiger partial charge in [0.25, 0.3) is 0 Å². The molecule has 3 aromatic rings. The van der Waals surface area contributed by atoms with Gasteiger partial charge in [-0.3, -0.25) is 9.67 Å². The highest BCUT2D eigenvalue weighted by Gasteiger charge is 2.08. The smallest absolute Gasteiger partial charge is 0.166 e. The third kappa shape index (κ3) is 1.89. The lowest BCUT2D eigenvalue weighted by Gasteiger charge is -2.04. The van der Waals surface area contributed by atoms with E-state index in [1.165, 1.54) is 0 Å². The van der Waals surface area contributed by atoms with E-state index in [1.807, 2.05) is 30.3 Å². The Kier molecular flexibility index (Phi) is 2.81. The van der Waals surface area contributed by atoms with Crippen molar-refractivity contribution in [1.29, 1.82) is 0 Å². The number of H-pyrrole nitrogens is 1. The summed E-state index contributed by atoms with van der Waals surface area (Å²) in [5.41, 5.74) is 2.93. The summed E-state index contributed by atoms with van der Waals surface area (Å²) in [6, 6.07) is 9.76. The zero-order chi connectivity index (χ0) is 12.5. The molecule has 1 N–H and O–H groups in total. The topological polar surface area (TPSA) is 46.5 Å². The SMILES string of the molecule is Clc1ncn(-c2ccc(-c3ccn[nH]3)cc2)c1Cl. The van der Waals surface area contributed by atoms with Crippen LogP contribution in [0.1, 0.15) is 0 Å². The minimum Gasteiger partial charge on any atom is -0.288 e. The van der Waals surface area contributed by atoms with Gasteiger partial charge in [-0.2, -0.15) is 5.10 Å². The fourth-order valence-corrected chi connectivity index (χ4v) is 2.03. The molecule has 1 aromatic carbocycles. The van der Waals surface area contributed by atoms with E-state index in [2.05, 4.69) is 15.2 Å². The van der Waals surface area contributed by atoms with Gasteiger partial charge in [-0.25, -0.2) is 4.98 Å². The van der Waals surface area contributed by atoms with Gasteiger partial charge in [0.05, 0.1) is 5.69 Å². The Bertz CT molecular complexity index is 656. The van der Waals surface area contributed by atoms with Crippen molar-refractivity contribution in [2.45, 2.75) is 0 Å². The van der Waals surface area contributed by atoms with Crippen LogP contribution in [0.25, 0.3) is 16.9 Å². The largest absolute Gasteiger partial charge is 0.288 e. The molecule has 2 heterocycles. The first-order valence-electron chi connectivity index (χ1n) is 5.24. The molecule has 0 aliphatic rings. The van der Waals surface area contributed by atoms with Crippen molar-refractivity contribution >= 4 is 23.2 Å². The van der Waals surface area contributed by atoms with Crippen LogP contribution in [0.15, 0.2) is 42.9 Å². The van der Waals surface area contributed by atoms with E-state index in [-0.39, 0.29) is 0 Å². The molecule has 3 rings (SSSR count). The van der Waals surface area contributed by atoms with Gasteiger partial charge in [0.15, 0.2) is 10.3 Å². The highest BCUT2D eigenvalue weighted by molar-refractivity contribution is 6.40. The van der Waals surface area contributed by atoms with E-state index < -0.39 is 0 Å². The second kappa shape index (κ2) is 4.48. The van der Waals surface area contributed by atoms with Crippen molar-refractivity contribution in [3.8, 4) is 16.9 Å². The molecular weight excluding hydrogens is 271 g/mol. The molecule has 0 unspecified atom stereocenters. The number of rotatable bonds is 2. The minimum absolute atomic E-state index is 0.300. The molecule has 4 nitrogen and oxygen atoms in total. The maximum atomic E-state index is 6.03. The maximum absolute atomic E-state index is 6.03. The number of aromatic nitrogens is 4. The summed E-state index contributed by atoms with van der Waals surface area (Å²) < 4.78 is 1.72. The molecule has 2 aromatic heterocycles. The van der Waals surface area contributed by atoms with Crippen LogP contribution in [0.3, 0.4) is 0 Å². The predicted octanol–water partition coefficient (Wildman–Crippen LogP) is 3.57. The van der Waals surface area contributed by atoms with Crippen molar-refractivity contribution < 1.29 is 0 Å². The van der Waals surface area contributed by atoms with Gasteiger partial charge in [0, 0.05) is 11.9 Å². The fourth-order valence-electron chi connectivity index (χ4n) is 1.71. The summed E-state index contributed by atoms with van der Waals surface area (Å²) in [6.45, 7) is 0. The summed E-state index contributed by atoms with van der Waals surface area (Å²) >= 11 is 11.8. The molecule has 0 radical (unpaired) electrons. The van der Waals surface area contributed by atoms with Gasteiger partial charge in [-0.05, 0) is 23.8 Å². The van der Waals surface area contributed by atoms with Crippen LogP contribution in [0, 0.1) is 0 Å². The molecule has 0 aliphatic heterocycles. The highest BCUT2D eigenvalue weighted by Crippen LogP contribution is 2.25. The molecule has 0 atom stereocenters. The van der Waals surface area contributed by atoms with Gasteiger partial charge in [-0.1, -0.05) is 35.3 Å². The first-order valence-corrected chi connectivity index (χ1v) is 6.00. The standard InChI is InChI=1S/C12H8Cl2N4/c13-11-12(14)18(7-15-11)9-3-1-8(2-4-9)10-5-6-16-17-10/h1-7H,(H,16,17). The first kappa shape index (κ1) is 11.3. The van der Waals surface area contributed by atoms with Gasteiger partial charge >= 0.3 is 0 Å².